The minimum atomic E-state index is -1.65. The van der Waals surface area contributed by atoms with Gasteiger partial charge in [0.25, 0.3) is 0 Å². The zero-order chi connectivity index (χ0) is 23.9. The van der Waals surface area contributed by atoms with Gasteiger partial charge in [0.05, 0.1) is 12.8 Å². The molecule has 32 heavy (non-hydrogen) atoms. The Morgan fingerprint density at radius 1 is 1.47 bits per heavy atom. The predicted molar refractivity (Wildman–Crippen MR) is 124 cm³/mol. The first kappa shape index (κ1) is 26.0. The maximum atomic E-state index is 12.0. The fourth-order valence-corrected chi connectivity index (χ4v) is 3.87. The molecule has 2 rings (SSSR count). The fraction of sp³-hybridized carbons (Fsp3) is 0.522. The molecular formula is C23H33ClN2O6. The summed E-state index contributed by atoms with van der Waals surface area (Å²) in [6.45, 7) is 3.57. The summed E-state index contributed by atoms with van der Waals surface area (Å²) < 4.78 is 16.0. The van der Waals surface area contributed by atoms with E-state index >= 15 is 0 Å². The first-order valence-electron chi connectivity index (χ1n) is 10.4. The van der Waals surface area contributed by atoms with Gasteiger partial charge in [-0.25, -0.2) is 4.79 Å². The Kier molecular flexibility index (Phi) is 9.39. The molecule has 0 aromatic heterocycles. The van der Waals surface area contributed by atoms with E-state index < -0.39 is 24.0 Å². The van der Waals surface area contributed by atoms with Gasteiger partial charge in [-0.2, -0.15) is 0 Å². The largest absolute Gasteiger partial charge is 0.495 e. The molecule has 0 bridgehead atoms. The number of methoxy groups -OCH3 is 2. The molecule has 1 aromatic rings. The lowest BCUT2D eigenvalue weighted by Gasteiger charge is -2.41. The molecule has 0 unspecified atom stereocenters. The van der Waals surface area contributed by atoms with Crippen molar-refractivity contribution in [1.82, 2.24) is 5.32 Å². The molecule has 1 aliphatic rings. The van der Waals surface area contributed by atoms with Crippen molar-refractivity contribution in [3.63, 3.8) is 0 Å². The quantitative estimate of drug-likeness (QED) is 0.390. The highest BCUT2D eigenvalue weighted by Crippen LogP contribution is 2.34. The third-order valence-corrected chi connectivity index (χ3v) is 5.86. The van der Waals surface area contributed by atoms with Crippen molar-refractivity contribution in [2.75, 3.05) is 33.2 Å². The zero-order valence-corrected chi connectivity index (χ0v) is 19.9. The van der Waals surface area contributed by atoms with E-state index in [9.17, 15) is 15.0 Å². The predicted octanol–water partition coefficient (Wildman–Crippen LogP) is 3.27. The maximum Gasteiger partial charge on any atom is 0.409 e. The summed E-state index contributed by atoms with van der Waals surface area (Å²) in [6, 6.07) is 3.86. The van der Waals surface area contributed by atoms with Gasteiger partial charge in [-0.05, 0) is 31.0 Å². The third kappa shape index (κ3) is 6.38. The van der Waals surface area contributed by atoms with Crippen LogP contribution in [0.3, 0.4) is 0 Å². The van der Waals surface area contributed by atoms with Crippen LogP contribution >= 0.6 is 11.6 Å². The van der Waals surface area contributed by atoms with Gasteiger partial charge in [0, 0.05) is 33.1 Å². The summed E-state index contributed by atoms with van der Waals surface area (Å²) in [4.78, 5) is 12.0. The average Bonchev–Trinajstić information content (AvgIpc) is 2.76. The minimum Gasteiger partial charge on any atom is -0.495 e. The molecule has 0 saturated carbocycles. The molecule has 4 N–H and O–H groups in total. The minimum absolute atomic E-state index is 0.0867. The maximum absolute atomic E-state index is 12.0. The van der Waals surface area contributed by atoms with Gasteiger partial charge in [0.1, 0.15) is 23.0 Å². The second-order valence-electron chi connectivity index (χ2n) is 8.00. The van der Waals surface area contributed by atoms with Crippen molar-refractivity contribution >= 4 is 23.4 Å². The lowest BCUT2D eigenvalue weighted by molar-refractivity contribution is -0.143. The summed E-state index contributed by atoms with van der Waals surface area (Å²) in [7, 11) is 4.83. The van der Waals surface area contributed by atoms with E-state index in [4.69, 9.17) is 25.8 Å². The second kappa shape index (κ2) is 11.6. The highest BCUT2D eigenvalue weighted by Gasteiger charge is 2.46. The van der Waals surface area contributed by atoms with Crippen LogP contribution in [0.25, 0.3) is 0 Å². The Morgan fingerprint density at radius 3 is 2.78 bits per heavy atom. The van der Waals surface area contributed by atoms with Crippen LogP contribution in [0.4, 0.5) is 10.5 Å². The van der Waals surface area contributed by atoms with Crippen molar-refractivity contribution in [2.24, 2.45) is 5.92 Å². The van der Waals surface area contributed by atoms with Crippen molar-refractivity contribution in [1.29, 1.82) is 0 Å². The molecular weight excluding hydrogens is 436 g/mol. The monoisotopic (exact) mass is 468 g/mol. The number of carbonyl (C=O) groups excluding carboxylic acids is 1. The number of cyclic esters (lactones) is 1. The van der Waals surface area contributed by atoms with Crippen LogP contribution < -0.4 is 15.4 Å². The Labute approximate surface area is 194 Å². The number of carbonyl (C=O) groups is 1. The summed E-state index contributed by atoms with van der Waals surface area (Å²) in [5.74, 6) is 0.288. The summed E-state index contributed by atoms with van der Waals surface area (Å²) in [5, 5.41) is 26.4. The number of amides is 1. The van der Waals surface area contributed by atoms with Gasteiger partial charge in [0.15, 0.2) is 5.72 Å². The number of allylic oxidation sites excluding steroid dienone is 3. The van der Waals surface area contributed by atoms with Gasteiger partial charge in [-0.15, -0.1) is 0 Å². The smallest absolute Gasteiger partial charge is 0.409 e. The zero-order valence-electron chi connectivity index (χ0n) is 19.1. The SMILES string of the molecule is CNc1cc(C/C(C)=C/C=C/[C@@H](OC)[C@@]2(O)C[C@@H]([C@@H](C)CO)OC(=O)N2)cc(OC)c1Cl. The number of aliphatic hydroxyl groups excluding tert-OH is 1. The van der Waals surface area contributed by atoms with E-state index in [0.717, 1.165) is 16.8 Å². The Balaban J connectivity index is 2.14. The Bertz CT molecular complexity index is 834. The molecule has 9 heteroatoms. The normalized spacial score (nSPS) is 23.4. The van der Waals surface area contributed by atoms with Gasteiger partial charge in [-0.3, -0.25) is 5.32 Å². The lowest BCUT2D eigenvalue weighted by atomic mass is 9.91. The number of nitrogens with one attached hydrogen (secondary N) is 2. The number of halogens is 1. The van der Waals surface area contributed by atoms with Crippen LogP contribution in [0.2, 0.25) is 5.02 Å². The van der Waals surface area contributed by atoms with E-state index in [2.05, 4.69) is 10.6 Å². The van der Waals surface area contributed by atoms with Crippen LogP contribution in [0.15, 0.2) is 35.9 Å². The van der Waals surface area contributed by atoms with Crippen molar-refractivity contribution in [3.8, 4) is 5.75 Å². The first-order valence-corrected chi connectivity index (χ1v) is 10.8. The van der Waals surface area contributed by atoms with Gasteiger partial charge in [-0.1, -0.05) is 42.3 Å². The van der Waals surface area contributed by atoms with E-state index in [1.165, 1.54) is 7.11 Å². The van der Waals surface area contributed by atoms with E-state index in [1.54, 1.807) is 33.2 Å². The fourth-order valence-electron chi connectivity index (χ4n) is 3.59. The number of hydrogen-bond donors (Lipinski definition) is 4. The standard InChI is InChI=1S/C23H33ClN2O6/c1-14(9-16-10-17(25-3)21(24)18(11-16)30-4)7-6-8-20(31-5)23(29)12-19(15(2)13-27)32-22(28)26-23/h6-8,10-11,15,19-20,25,27,29H,9,12-13H2,1-5H3,(H,26,28)/b8-6+,14-7+/t15-,19-,20+,23-/m0/s1. The molecule has 0 aliphatic carbocycles. The van der Waals surface area contributed by atoms with Crippen LogP contribution in [0.5, 0.6) is 5.75 Å². The molecule has 1 amide bonds. The molecule has 4 atom stereocenters. The van der Waals surface area contributed by atoms with Crippen molar-refractivity contribution in [2.45, 2.75) is 44.6 Å². The molecule has 1 saturated heterocycles. The first-order chi connectivity index (χ1) is 15.2. The highest BCUT2D eigenvalue weighted by atomic mass is 35.5. The number of ether oxygens (including phenoxy) is 3. The Morgan fingerprint density at radius 2 is 2.19 bits per heavy atom. The highest BCUT2D eigenvalue weighted by molar-refractivity contribution is 6.34. The van der Waals surface area contributed by atoms with Crippen molar-refractivity contribution in [3.05, 3.63) is 46.5 Å². The topological polar surface area (TPSA) is 109 Å². The number of anilines is 1. The van der Waals surface area contributed by atoms with E-state index in [0.29, 0.717) is 17.2 Å². The number of rotatable bonds is 10. The van der Waals surface area contributed by atoms with Gasteiger partial charge < -0.3 is 29.7 Å². The number of alkyl carbamates (subject to hydrolysis) is 1. The Hall–Kier alpha value is -2.26. The van der Waals surface area contributed by atoms with Gasteiger partial charge in [0.2, 0.25) is 0 Å². The number of aliphatic hydroxyl groups is 2. The molecule has 1 aliphatic heterocycles. The molecule has 178 valence electrons. The average molecular weight is 469 g/mol. The van der Waals surface area contributed by atoms with Crippen molar-refractivity contribution < 1.29 is 29.2 Å². The molecule has 8 nitrogen and oxygen atoms in total. The lowest BCUT2D eigenvalue weighted by Crippen LogP contribution is -2.63. The number of hydrogen-bond acceptors (Lipinski definition) is 7. The molecule has 1 heterocycles. The van der Waals surface area contributed by atoms with E-state index in [-0.39, 0.29) is 18.9 Å². The number of benzene rings is 1. The second-order valence-corrected chi connectivity index (χ2v) is 8.38. The molecule has 1 aromatic carbocycles. The molecule has 0 radical (unpaired) electrons. The van der Waals surface area contributed by atoms with E-state index in [1.807, 2.05) is 25.1 Å². The summed E-state index contributed by atoms with van der Waals surface area (Å²) >= 11 is 6.28. The third-order valence-electron chi connectivity index (χ3n) is 5.47. The molecule has 0 spiro atoms. The summed E-state index contributed by atoms with van der Waals surface area (Å²) in [6.07, 6.45) is 3.94. The van der Waals surface area contributed by atoms with Crippen LogP contribution in [-0.4, -0.2) is 62.1 Å². The van der Waals surface area contributed by atoms with Crippen LogP contribution in [0, 0.1) is 5.92 Å². The molecule has 1 fully saturated rings. The summed E-state index contributed by atoms with van der Waals surface area (Å²) in [5.41, 5.74) is 1.21. The van der Waals surface area contributed by atoms with Crippen LogP contribution in [-0.2, 0) is 15.9 Å². The van der Waals surface area contributed by atoms with Crippen LogP contribution in [0.1, 0.15) is 25.8 Å². The van der Waals surface area contributed by atoms with Gasteiger partial charge >= 0.3 is 6.09 Å².